The van der Waals surface area contributed by atoms with Crippen LogP contribution in [0.25, 0.3) is 22.5 Å². The zero-order chi connectivity index (χ0) is 46.7. The van der Waals surface area contributed by atoms with Gasteiger partial charge in [0, 0.05) is 11.1 Å². The van der Waals surface area contributed by atoms with Crippen LogP contribution in [0.5, 0.6) is 0 Å². The first-order valence-electron chi connectivity index (χ1n) is 26.7. The summed E-state index contributed by atoms with van der Waals surface area (Å²) >= 11 is 0. The van der Waals surface area contributed by atoms with Crippen LogP contribution >= 0.6 is 0 Å². The Labute approximate surface area is 406 Å². The molecule has 2 aromatic heterocycles. The van der Waals surface area contributed by atoms with Crippen LogP contribution in [0.4, 0.5) is 0 Å². The molecular weight excluding hydrogens is 817 g/mol. The van der Waals surface area contributed by atoms with E-state index in [1.807, 2.05) is 24.8 Å². The molecule has 5 heteroatoms. The summed E-state index contributed by atoms with van der Waals surface area (Å²) in [5.74, 6) is 0. The number of aromatic nitrogens is 4. The number of unbranched alkanes of at least 4 members (excludes halogenated alkanes) is 16. The van der Waals surface area contributed by atoms with Crippen LogP contribution in [0.2, 0.25) is 0 Å². The lowest BCUT2D eigenvalue weighted by Gasteiger charge is -2.25. The van der Waals surface area contributed by atoms with Gasteiger partial charge in [-0.25, -0.2) is 0 Å². The molecule has 0 saturated carbocycles. The van der Waals surface area contributed by atoms with Gasteiger partial charge in [-0.15, -0.1) is 0 Å². The fourth-order valence-corrected chi connectivity index (χ4v) is 9.15. The minimum absolute atomic E-state index is 0.491. The van der Waals surface area contributed by atoms with Gasteiger partial charge >= 0.3 is 0 Å². The van der Waals surface area contributed by atoms with E-state index >= 15 is 0 Å². The van der Waals surface area contributed by atoms with E-state index in [4.69, 9.17) is 24.7 Å². The molecule has 0 spiro atoms. The summed E-state index contributed by atoms with van der Waals surface area (Å²) in [4.78, 5) is 20.3. The standard InChI is InChI=1S/C62H82N4O/c1-5-9-13-17-21-25-49-29-37-53(38-30-49)57-45-65-59(47-63-57)61(55-41-33-51(34-42-55)27-23-19-15-11-7-3)67-62(56-43-35-52(36-44-56)28-24-20-16-12-8-4)60-48-64-58(46-66-60)54-39-31-50(32-40-54)26-22-18-14-10-6-2/h29-48,61-62H,5-28H2,1-4H3. The number of hydrogen-bond donors (Lipinski definition) is 0. The molecule has 0 aliphatic heterocycles. The number of hydrogen-bond acceptors (Lipinski definition) is 5. The summed E-state index contributed by atoms with van der Waals surface area (Å²) in [5.41, 5.74) is 13.0. The summed E-state index contributed by atoms with van der Waals surface area (Å²) in [5, 5.41) is 0. The molecule has 0 aliphatic rings. The van der Waals surface area contributed by atoms with E-state index in [1.54, 1.807) is 0 Å². The molecule has 0 amide bonds. The average molecular weight is 899 g/mol. The van der Waals surface area contributed by atoms with Gasteiger partial charge in [-0.3, -0.25) is 19.9 Å². The second-order valence-corrected chi connectivity index (χ2v) is 19.1. The van der Waals surface area contributed by atoms with E-state index < -0.39 is 12.2 Å². The molecule has 0 N–H and O–H groups in total. The van der Waals surface area contributed by atoms with Crippen molar-refractivity contribution in [2.75, 3.05) is 0 Å². The Morgan fingerprint density at radius 2 is 0.597 bits per heavy atom. The van der Waals surface area contributed by atoms with Crippen LogP contribution in [-0.2, 0) is 30.4 Å². The van der Waals surface area contributed by atoms with Crippen molar-refractivity contribution in [3.63, 3.8) is 0 Å². The monoisotopic (exact) mass is 899 g/mol. The van der Waals surface area contributed by atoms with Gasteiger partial charge in [0.2, 0.25) is 0 Å². The Morgan fingerprint density at radius 3 is 0.866 bits per heavy atom. The molecule has 2 atom stereocenters. The van der Waals surface area contributed by atoms with Gasteiger partial charge in [0.25, 0.3) is 0 Å². The van der Waals surface area contributed by atoms with Crippen LogP contribution in [0.3, 0.4) is 0 Å². The van der Waals surface area contributed by atoms with E-state index in [1.165, 1.54) is 151 Å². The molecule has 5 nitrogen and oxygen atoms in total. The predicted molar refractivity (Wildman–Crippen MR) is 282 cm³/mol. The summed E-state index contributed by atoms with van der Waals surface area (Å²) in [6, 6.07) is 35.8. The smallest absolute Gasteiger partial charge is 0.127 e. The average Bonchev–Trinajstić information content (AvgIpc) is 3.37. The lowest BCUT2D eigenvalue weighted by atomic mass is 9.99. The normalized spacial score (nSPS) is 12.4. The topological polar surface area (TPSA) is 60.8 Å². The summed E-state index contributed by atoms with van der Waals surface area (Å²) in [7, 11) is 0. The highest BCUT2D eigenvalue weighted by molar-refractivity contribution is 5.59. The predicted octanol–water partition coefficient (Wildman–Crippen LogP) is 17.5. The van der Waals surface area contributed by atoms with Gasteiger partial charge in [0.1, 0.15) is 12.2 Å². The maximum atomic E-state index is 7.37. The Morgan fingerprint density at radius 1 is 0.313 bits per heavy atom. The van der Waals surface area contributed by atoms with Crippen molar-refractivity contribution in [3.05, 3.63) is 167 Å². The molecule has 2 unspecified atom stereocenters. The summed E-state index contributed by atoms with van der Waals surface area (Å²) in [6.45, 7) is 9.09. The van der Waals surface area contributed by atoms with E-state index in [9.17, 15) is 0 Å². The van der Waals surface area contributed by atoms with Crippen LogP contribution < -0.4 is 0 Å². The van der Waals surface area contributed by atoms with Crippen LogP contribution in [0, 0.1) is 0 Å². The molecule has 0 bridgehead atoms. The first-order valence-corrected chi connectivity index (χ1v) is 26.7. The van der Waals surface area contributed by atoms with Gasteiger partial charge in [-0.1, -0.05) is 227 Å². The highest BCUT2D eigenvalue weighted by Crippen LogP contribution is 2.36. The lowest BCUT2D eigenvalue weighted by molar-refractivity contribution is 0.0258. The van der Waals surface area contributed by atoms with Crippen LogP contribution in [0.1, 0.15) is 213 Å². The Bertz CT molecular complexity index is 2040. The van der Waals surface area contributed by atoms with Crippen molar-refractivity contribution in [2.24, 2.45) is 0 Å². The van der Waals surface area contributed by atoms with Crippen molar-refractivity contribution >= 4 is 0 Å². The maximum absolute atomic E-state index is 7.37. The van der Waals surface area contributed by atoms with Crippen molar-refractivity contribution < 1.29 is 4.74 Å². The minimum atomic E-state index is -0.491. The third-order valence-corrected chi connectivity index (χ3v) is 13.5. The molecule has 2 heterocycles. The summed E-state index contributed by atoms with van der Waals surface area (Å²) < 4.78 is 7.37. The first kappa shape index (κ1) is 51.4. The SMILES string of the molecule is CCCCCCCc1ccc(-c2cnc(C(OC(c3ccc(CCCCCCC)cc3)c3cnc(-c4ccc(CCCCCCC)cc4)cn3)c3ccc(CCCCCCC)cc3)cn2)cc1. The Hall–Kier alpha value is -5.00. The molecule has 4 aromatic carbocycles. The number of benzene rings is 4. The van der Waals surface area contributed by atoms with Crippen molar-refractivity contribution in [2.45, 2.75) is 194 Å². The Balaban J connectivity index is 1.27. The quantitative estimate of drug-likeness (QED) is 0.0395. The van der Waals surface area contributed by atoms with Gasteiger partial charge < -0.3 is 4.74 Å². The second-order valence-electron chi connectivity index (χ2n) is 19.1. The van der Waals surface area contributed by atoms with Gasteiger partial charge in [0.05, 0.1) is 47.6 Å². The second kappa shape index (κ2) is 29.7. The van der Waals surface area contributed by atoms with Crippen molar-refractivity contribution in [3.8, 4) is 22.5 Å². The van der Waals surface area contributed by atoms with Crippen LogP contribution in [-0.4, -0.2) is 19.9 Å². The first-order chi connectivity index (χ1) is 33.1. The fourth-order valence-electron chi connectivity index (χ4n) is 9.15. The number of nitrogens with zero attached hydrogens (tertiary/aromatic N) is 4. The highest BCUT2D eigenvalue weighted by Gasteiger charge is 2.26. The van der Waals surface area contributed by atoms with Gasteiger partial charge in [-0.2, -0.15) is 0 Å². The van der Waals surface area contributed by atoms with Gasteiger partial charge in [-0.05, 0) is 84.7 Å². The molecule has 0 fully saturated rings. The lowest BCUT2D eigenvalue weighted by Crippen LogP contribution is -2.16. The fraction of sp³-hybridized carbons (Fsp3) is 0.484. The van der Waals surface area contributed by atoms with Crippen molar-refractivity contribution in [1.29, 1.82) is 0 Å². The Kier molecular flexibility index (Phi) is 22.8. The zero-order valence-corrected chi connectivity index (χ0v) is 41.9. The highest BCUT2D eigenvalue weighted by atomic mass is 16.5. The maximum Gasteiger partial charge on any atom is 0.127 e. The zero-order valence-electron chi connectivity index (χ0n) is 41.9. The molecular formula is C62H82N4O. The van der Waals surface area contributed by atoms with E-state index in [0.29, 0.717) is 0 Å². The van der Waals surface area contributed by atoms with E-state index in [-0.39, 0.29) is 0 Å². The number of ether oxygens (including phenoxy) is 1. The van der Waals surface area contributed by atoms with E-state index in [0.717, 1.165) is 70.7 Å². The number of aryl methyl sites for hydroxylation is 4. The summed E-state index contributed by atoms with van der Waals surface area (Å²) in [6.07, 6.45) is 36.7. The molecule has 0 saturated heterocycles. The largest absolute Gasteiger partial charge is 0.353 e. The molecule has 0 aliphatic carbocycles. The molecule has 0 radical (unpaired) electrons. The molecule has 67 heavy (non-hydrogen) atoms. The molecule has 6 aromatic rings. The van der Waals surface area contributed by atoms with Crippen molar-refractivity contribution in [1.82, 2.24) is 19.9 Å². The van der Waals surface area contributed by atoms with Gasteiger partial charge in [0.15, 0.2) is 0 Å². The van der Waals surface area contributed by atoms with Crippen LogP contribution in [0.15, 0.2) is 122 Å². The minimum Gasteiger partial charge on any atom is -0.353 e. The number of rotatable bonds is 32. The third-order valence-electron chi connectivity index (χ3n) is 13.5. The third kappa shape index (κ3) is 17.2. The van der Waals surface area contributed by atoms with E-state index in [2.05, 4.69) is 125 Å². The molecule has 6 rings (SSSR count). The molecule has 356 valence electrons.